The van der Waals surface area contributed by atoms with Crippen LogP contribution in [0.3, 0.4) is 0 Å². The Bertz CT molecular complexity index is 668. The Labute approximate surface area is 132 Å². The van der Waals surface area contributed by atoms with Crippen molar-refractivity contribution in [1.82, 2.24) is 0 Å². The molecule has 2 aromatic carbocycles. The third-order valence-corrected chi connectivity index (χ3v) is 3.70. The van der Waals surface area contributed by atoms with E-state index in [9.17, 15) is 9.59 Å². The minimum Gasteiger partial charge on any atom is -0.451 e. The second-order valence-corrected chi connectivity index (χ2v) is 5.16. The molecule has 0 saturated carbocycles. The van der Waals surface area contributed by atoms with Gasteiger partial charge in [0.2, 0.25) is 5.78 Å². The molecule has 0 aliphatic rings. The van der Waals surface area contributed by atoms with Crippen molar-refractivity contribution in [3.8, 4) is 0 Å². The molecule has 0 saturated heterocycles. The quantitative estimate of drug-likeness (QED) is 0.618. The van der Waals surface area contributed by atoms with Gasteiger partial charge in [-0.25, -0.2) is 4.79 Å². The number of ether oxygens (including phenoxy) is 1. The van der Waals surface area contributed by atoms with Crippen LogP contribution >= 0.6 is 23.2 Å². The summed E-state index contributed by atoms with van der Waals surface area (Å²) in [5.41, 5.74) is 0.617. The monoisotopic (exact) mass is 322 g/mol. The number of carbonyl (C=O) groups is 2. The van der Waals surface area contributed by atoms with Crippen LogP contribution in [-0.4, -0.2) is 17.9 Å². The summed E-state index contributed by atoms with van der Waals surface area (Å²) in [5.74, 6) is -0.957. The summed E-state index contributed by atoms with van der Waals surface area (Å²) >= 11 is 11.8. The van der Waals surface area contributed by atoms with Crippen LogP contribution in [0, 0.1) is 0 Å². The Morgan fingerprint density at radius 3 is 2.33 bits per heavy atom. The molecule has 0 spiro atoms. The fourth-order valence-corrected chi connectivity index (χ4v) is 2.15. The van der Waals surface area contributed by atoms with E-state index in [1.807, 2.05) is 0 Å². The normalized spacial score (nSPS) is 11.8. The van der Waals surface area contributed by atoms with E-state index >= 15 is 0 Å². The van der Waals surface area contributed by atoms with E-state index in [1.54, 1.807) is 42.5 Å². The second kappa shape index (κ2) is 6.74. The lowest BCUT2D eigenvalue weighted by atomic mass is 10.1. The number of carbonyl (C=O) groups excluding carboxylic acids is 2. The topological polar surface area (TPSA) is 43.4 Å². The van der Waals surface area contributed by atoms with E-state index < -0.39 is 12.1 Å². The number of esters is 1. The summed E-state index contributed by atoms with van der Waals surface area (Å²) in [6.07, 6.45) is -0.907. The summed E-state index contributed by atoms with van der Waals surface area (Å²) in [5, 5.41) is 0.372. The molecule has 108 valence electrons. The van der Waals surface area contributed by atoms with Gasteiger partial charge in [0.1, 0.15) is 0 Å². The van der Waals surface area contributed by atoms with Gasteiger partial charge in [-0.15, -0.1) is 0 Å². The number of rotatable bonds is 4. The van der Waals surface area contributed by atoms with Gasteiger partial charge in [0.05, 0.1) is 15.6 Å². The molecular weight excluding hydrogens is 311 g/mol. The van der Waals surface area contributed by atoms with Gasteiger partial charge in [-0.05, 0) is 19.1 Å². The third-order valence-electron chi connectivity index (χ3n) is 2.88. The number of hydrogen-bond acceptors (Lipinski definition) is 3. The molecule has 0 aliphatic carbocycles. The first-order valence-electron chi connectivity index (χ1n) is 6.25. The highest BCUT2D eigenvalue weighted by atomic mass is 35.5. The molecule has 1 unspecified atom stereocenters. The van der Waals surface area contributed by atoms with Gasteiger partial charge in [0, 0.05) is 5.56 Å². The highest BCUT2D eigenvalue weighted by Crippen LogP contribution is 2.26. The van der Waals surface area contributed by atoms with E-state index in [0.717, 1.165) is 0 Å². The second-order valence-electron chi connectivity index (χ2n) is 4.38. The van der Waals surface area contributed by atoms with Gasteiger partial charge >= 0.3 is 5.97 Å². The van der Waals surface area contributed by atoms with Crippen molar-refractivity contribution in [2.75, 3.05) is 0 Å². The van der Waals surface area contributed by atoms with Crippen molar-refractivity contribution in [3.05, 3.63) is 69.7 Å². The van der Waals surface area contributed by atoms with Gasteiger partial charge in [0.25, 0.3) is 0 Å². The van der Waals surface area contributed by atoms with Gasteiger partial charge in [0.15, 0.2) is 6.10 Å². The predicted octanol–water partition coefficient (Wildman–Crippen LogP) is 4.42. The van der Waals surface area contributed by atoms with Gasteiger partial charge in [-0.3, -0.25) is 4.79 Å². The van der Waals surface area contributed by atoms with Crippen molar-refractivity contribution in [3.63, 3.8) is 0 Å². The average molecular weight is 323 g/mol. The van der Waals surface area contributed by atoms with Gasteiger partial charge in [-0.2, -0.15) is 0 Å². The fourth-order valence-electron chi connectivity index (χ4n) is 1.78. The molecule has 3 nitrogen and oxygen atoms in total. The average Bonchev–Trinajstić information content (AvgIpc) is 2.50. The zero-order valence-electron chi connectivity index (χ0n) is 11.2. The SMILES string of the molecule is CC(OC(=O)c1cccc(Cl)c1Cl)C(=O)c1ccccc1. The number of ketones is 1. The molecule has 5 heteroatoms. The molecule has 0 fully saturated rings. The first-order valence-corrected chi connectivity index (χ1v) is 7.00. The van der Waals surface area contributed by atoms with E-state index in [4.69, 9.17) is 27.9 Å². The Balaban J connectivity index is 2.12. The molecular formula is C16H12Cl2O3. The van der Waals surface area contributed by atoms with Crippen molar-refractivity contribution in [1.29, 1.82) is 0 Å². The number of hydrogen-bond donors (Lipinski definition) is 0. The number of Topliss-reactive ketones (excluding diaryl/α,β-unsaturated/α-hetero) is 1. The van der Waals surface area contributed by atoms with Crippen LogP contribution in [0.4, 0.5) is 0 Å². The molecule has 0 aliphatic heterocycles. The van der Waals surface area contributed by atoms with Crippen molar-refractivity contribution >= 4 is 35.0 Å². The number of halogens is 2. The maximum Gasteiger partial charge on any atom is 0.340 e. The lowest BCUT2D eigenvalue weighted by molar-refractivity contribution is 0.0319. The smallest absolute Gasteiger partial charge is 0.340 e. The maximum absolute atomic E-state index is 12.1. The molecule has 2 aromatic rings. The van der Waals surface area contributed by atoms with Crippen molar-refractivity contribution < 1.29 is 14.3 Å². The maximum atomic E-state index is 12.1. The lowest BCUT2D eigenvalue weighted by Gasteiger charge is -2.13. The molecule has 0 amide bonds. The number of benzene rings is 2. The van der Waals surface area contributed by atoms with Crippen LogP contribution in [0.1, 0.15) is 27.6 Å². The fraction of sp³-hybridized carbons (Fsp3) is 0.125. The molecule has 21 heavy (non-hydrogen) atoms. The van der Waals surface area contributed by atoms with E-state index in [1.165, 1.54) is 13.0 Å². The third kappa shape index (κ3) is 3.63. The van der Waals surface area contributed by atoms with Crippen LogP contribution in [0.15, 0.2) is 48.5 Å². The summed E-state index contributed by atoms with van der Waals surface area (Å²) in [4.78, 5) is 24.2. The molecule has 0 bridgehead atoms. The van der Waals surface area contributed by atoms with Crippen LogP contribution in [0.5, 0.6) is 0 Å². The molecule has 0 heterocycles. The van der Waals surface area contributed by atoms with Gasteiger partial charge < -0.3 is 4.74 Å². The Morgan fingerprint density at radius 2 is 1.67 bits per heavy atom. The first kappa shape index (κ1) is 15.5. The molecule has 2 rings (SSSR count). The first-order chi connectivity index (χ1) is 10.0. The van der Waals surface area contributed by atoms with E-state index in [-0.39, 0.29) is 21.4 Å². The zero-order valence-corrected chi connectivity index (χ0v) is 12.7. The molecule has 0 aromatic heterocycles. The predicted molar refractivity (Wildman–Crippen MR) is 82.1 cm³/mol. The Hall–Kier alpha value is -1.84. The minimum atomic E-state index is -0.907. The Kier molecular flexibility index (Phi) is 4.99. The zero-order chi connectivity index (χ0) is 15.4. The molecule has 0 N–H and O–H groups in total. The lowest BCUT2D eigenvalue weighted by Crippen LogP contribution is -2.24. The summed E-state index contributed by atoms with van der Waals surface area (Å²) in [6.45, 7) is 1.52. The van der Waals surface area contributed by atoms with Crippen LogP contribution in [-0.2, 0) is 4.74 Å². The highest BCUT2D eigenvalue weighted by Gasteiger charge is 2.22. The highest BCUT2D eigenvalue weighted by molar-refractivity contribution is 6.43. The minimum absolute atomic E-state index is 0.114. The summed E-state index contributed by atoms with van der Waals surface area (Å²) < 4.78 is 5.16. The largest absolute Gasteiger partial charge is 0.451 e. The molecule has 0 radical (unpaired) electrons. The van der Waals surface area contributed by atoms with Crippen LogP contribution in [0.2, 0.25) is 10.0 Å². The van der Waals surface area contributed by atoms with Gasteiger partial charge in [-0.1, -0.05) is 59.6 Å². The standard InChI is InChI=1S/C16H12Cl2O3/c1-10(15(19)11-6-3-2-4-7-11)21-16(20)12-8-5-9-13(17)14(12)18/h2-10H,1H3. The molecule has 1 atom stereocenters. The Morgan fingerprint density at radius 1 is 1.00 bits per heavy atom. The van der Waals surface area contributed by atoms with E-state index in [2.05, 4.69) is 0 Å². The van der Waals surface area contributed by atoms with E-state index in [0.29, 0.717) is 5.56 Å². The summed E-state index contributed by atoms with van der Waals surface area (Å²) in [6, 6.07) is 13.3. The summed E-state index contributed by atoms with van der Waals surface area (Å²) in [7, 11) is 0. The van der Waals surface area contributed by atoms with Crippen LogP contribution < -0.4 is 0 Å². The van der Waals surface area contributed by atoms with Crippen molar-refractivity contribution in [2.24, 2.45) is 0 Å². The van der Waals surface area contributed by atoms with Crippen molar-refractivity contribution in [2.45, 2.75) is 13.0 Å². The van der Waals surface area contributed by atoms with Crippen LogP contribution in [0.25, 0.3) is 0 Å².